The number of nitrogens with one attached hydrogen (secondary N) is 1. The first kappa shape index (κ1) is 14.8. The summed E-state index contributed by atoms with van der Waals surface area (Å²) in [6.45, 7) is 2.49. The van der Waals surface area contributed by atoms with Gasteiger partial charge in [-0.2, -0.15) is 13.2 Å². The molecular formula is C12H23F3N2. The summed E-state index contributed by atoms with van der Waals surface area (Å²) < 4.78 is 36.8. The predicted octanol–water partition coefficient (Wildman–Crippen LogP) is 2.65. The van der Waals surface area contributed by atoms with E-state index in [4.69, 9.17) is 0 Å². The molecule has 1 aliphatic carbocycles. The molecule has 1 aliphatic rings. The molecule has 1 unspecified atom stereocenters. The second-order valence-electron chi connectivity index (χ2n) is 5.02. The standard InChI is InChI=1S/C12H23F3N2/c1-3-16-11(10-6-4-5-7-10)8-17(2)9-12(13,14)15/h10-11,16H,3-9H2,1-2H3. The molecule has 0 aromatic heterocycles. The highest BCUT2D eigenvalue weighted by atomic mass is 19.4. The molecule has 0 radical (unpaired) electrons. The Kier molecular flexibility index (Phi) is 5.73. The summed E-state index contributed by atoms with van der Waals surface area (Å²) in [6, 6.07) is 0.204. The summed E-state index contributed by atoms with van der Waals surface area (Å²) in [6.07, 6.45) is 0.640. The fraction of sp³-hybridized carbons (Fsp3) is 1.00. The zero-order valence-corrected chi connectivity index (χ0v) is 10.7. The third-order valence-corrected chi connectivity index (χ3v) is 3.39. The molecule has 0 aromatic carbocycles. The van der Waals surface area contributed by atoms with E-state index in [1.54, 1.807) is 7.05 Å². The van der Waals surface area contributed by atoms with Crippen LogP contribution in [0.25, 0.3) is 0 Å². The summed E-state index contributed by atoms with van der Waals surface area (Å²) in [5.74, 6) is 0.547. The van der Waals surface area contributed by atoms with Crippen LogP contribution >= 0.6 is 0 Å². The SMILES string of the molecule is CCNC(CN(C)CC(F)(F)F)C1CCCC1. The van der Waals surface area contributed by atoms with Gasteiger partial charge in [0.25, 0.3) is 0 Å². The number of hydrogen-bond donors (Lipinski definition) is 1. The number of rotatable bonds is 6. The Bertz CT molecular complexity index is 212. The topological polar surface area (TPSA) is 15.3 Å². The van der Waals surface area contributed by atoms with Gasteiger partial charge in [-0.15, -0.1) is 0 Å². The highest BCUT2D eigenvalue weighted by Crippen LogP contribution is 2.28. The van der Waals surface area contributed by atoms with Gasteiger partial charge in [-0.3, -0.25) is 4.90 Å². The summed E-state index contributed by atoms with van der Waals surface area (Å²) in [4.78, 5) is 1.38. The monoisotopic (exact) mass is 252 g/mol. The molecule has 0 aromatic rings. The van der Waals surface area contributed by atoms with Crippen LogP contribution in [-0.4, -0.2) is 43.8 Å². The first-order chi connectivity index (χ1) is 7.92. The molecule has 0 heterocycles. The zero-order valence-electron chi connectivity index (χ0n) is 10.7. The number of likely N-dealkylation sites (N-methyl/N-ethyl adjacent to an activating group) is 2. The van der Waals surface area contributed by atoms with Crippen molar-refractivity contribution in [3.63, 3.8) is 0 Å². The molecular weight excluding hydrogens is 229 g/mol. The summed E-state index contributed by atoms with van der Waals surface area (Å²) in [5.41, 5.74) is 0. The molecule has 102 valence electrons. The Morgan fingerprint density at radius 2 is 1.88 bits per heavy atom. The lowest BCUT2D eigenvalue weighted by molar-refractivity contribution is -0.143. The second kappa shape index (κ2) is 6.59. The normalized spacial score (nSPS) is 20.1. The molecule has 2 nitrogen and oxygen atoms in total. The van der Waals surface area contributed by atoms with Crippen molar-refractivity contribution in [1.82, 2.24) is 10.2 Å². The Morgan fingerprint density at radius 3 is 2.35 bits per heavy atom. The smallest absolute Gasteiger partial charge is 0.313 e. The van der Waals surface area contributed by atoms with Crippen LogP contribution in [-0.2, 0) is 0 Å². The van der Waals surface area contributed by atoms with E-state index in [9.17, 15) is 13.2 Å². The van der Waals surface area contributed by atoms with Gasteiger partial charge in [-0.25, -0.2) is 0 Å². The van der Waals surface area contributed by atoms with E-state index in [1.807, 2.05) is 6.92 Å². The van der Waals surface area contributed by atoms with Gasteiger partial charge in [0.1, 0.15) is 0 Å². The highest BCUT2D eigenvalue weighted by Gasteiger charge is 2.31. The molecule has 1 fully saturated rings. The minimum Gasteiger partial charge on any atom is -0.313 e. The molecule has 1 atom stereocenters. The van der Waals surface area contributed by atoms with E-state index in [0.717, 1.165) is 19.4 Å². The zero-order chi connectivity index (χ0) is 12.9. The maximum atomic E-state index is 12.3. The molecule has 0 amide bonds. The highest BCUT2D eigenvalue weighted by molar-refractivity contribution is 4.82. The predicted molar refractivity (Wildman–Crippen MR) is 63.0 cm³/mol. The average molecular weight is 252 g/mol. The number of alkyl halides is 3. The second-order valence-corrected chi connectivity index (χ2v) is 5.02. The van der Waals surface area contributed by atoms with Crippen molar-refractivity contribution in [3.05, 3.63) is 0 Å². The molecule has 0 spiro atoms. The van der Waals surface area contributed by atoms with Gasteiger partial charge < -0.3 is 5.32 Å². The van der Waals surface area contributed by atoms with Crippen molar-refractivity contribution in [3.8, 4) is 0 Å². The van der Waals surface area contributed by atoms with Crippen molar-refractivity contribution in [2.24, 2.45) is 5.92 Å². The quantitative estimate of drug-likeness (QED) is 0.782. The molecule has 0 aliphatic heterocycles. The van der Waals surface area contributed by atoms with Gasteiger partial charge >= 0.3 is 6.18 Å². The van der Waals surface area contributed by atoms with E-state index in [0.29, 0.717) is 12.5 Å². The maximum Gasteiger partial charge on any atom is 0.401 e. The van der Waals surface area contributed by atoms with Gasteiger partial charge in [0, 0.05) is 12.6 Å². The Balaban J connectivity index is 2.42. The Hall–Kier alpha value is -0.290. The van der Waals surface area contributed by atoms with Crippen molar-refractivity contribution in [2.45, 2.75) is 44.8 Å². The minimum absolute atomic E-state index is 0.204. The summed E-state index contributed by atoms with van der Waals surface area (Å²) in [5, 5.41) is 3.33. The van der Waals surface area contributed by atoms with Crippen molar-refractivity contribution in [1.29, 1.82) is 0 Å². The van der Waals surface area contributed by atoms with Gasteiger partial charge in [-0.1, -0.05) is 19.8 Å². The van der Waals surface area contributed by atoms with Crippen LogP contribution in [0.4, 0.5) is 13.2 Å². The Morgan fingerprint density at radius 1 is 1.29 bits per heavy atom. The molecule has 5 heteroatoms. The lowest BCUT2D eigenvalue weighted by Gasteiger charge is -2.29. The molecule has 1 rings (SSSR count). The van der Waals surface area contributed by atoms with Crippen LogP contribution in [0.2, 0.25) is 0 Å². The average Bonchev–Trinajstić information content (AvgIpc) is 2.66. The van der Waals surface area contributed by atoms with E-state index in [-0.39, 0.29) is 6.04 Å². The van der Waals surface area contributed by atoms with E-state index >= 15 is 0 Å². The maximum absolute atomic E-state index is 12.3. The lowest BCUT2D eigenvalue weighted by atomic mass is 9.97. The molecule has 1 saturated carbocycles. The third-order valence-electron chi connectivity index (χ3n) is 3.39. The van der Waals surface area contributed by atoms with Gasteiger partial charge in [-0.05, 0) is 32.4 Å². The van der Waals surface area contributed by atoms with E-state index in [2.05, 4.69) is 5.32 Å². The van der Waals surface area contributed by atoms with Crippen LogP contribution in [0.1, 0.15) is 32.6 Å². The first-order valence-corrected chi connectivity index (χ1v) is 6.41. The molecule has 17 heavy (non-hydrogen) atoms. The number of halogens is 3. The van der Waals surface area contributed by atoms with Crippen LogP contribution < -0.4 is 5.32 Å². The molecule has 1 N–H and O–H groups in total. The number of hydrogen-bond acceptors (Lipinski definition) is 2. The fourth-order valence-electron chi connectivity index (χ4n) is 2.71. The first-order valence-electron chi connectivity index (χ1n) is 6.41. The third kappa shape index (κ3) is 5.73. The lowest BCUT2D eigenvalue weighted by Crippen LogP contribution is -2.46. The van der Waals surface area contributed by atoms with Crippen molar-refractivity contribution >= 4 is 0 Å². The largest absolute Gasteiger partial charge is 0.401 e. The van der Waals surface area contributed by atoms with Gasteiger partial charge in [0.15, 0.2) is 0 Å². The van der Waals surface area contributed by atoms with E-state index in [1.165, 1.54) is 17.7 Å². The Labute approximate surface area is 102 Å². The fourth-order valence-corrected chi connectivity index (χ4v) is 2.71. The summed E-state index contributed by atoms with van der Waals surface area (Å²) in [7, 11) is 1.55. The van der Waals surface area contributed by atoms with Gasteiger partial charge in [0.05, 0.1) is 6.54 Å². The van der Waals surface area contributed by atoms with E-state index < -0.39 is 12.7 Å². The van der Waals surface area contributed by atoms with Crippen LogP contribution in [0, 0.1) is 5.92 Å². The number of nitrogens with zero attached hydrogens (tertiary/aromatic N) is 1. The van der Waals surface area contributed by atoms with Gasteiger partial charge in [0.2, 0.25) is 0 Å². The van der Waals surface area contributed by atoms with Crippen molar-refractivity contribution in [2.75, 3.05) is 26.7 Å². The molecule has 0 saturated heterocycles. The van der Waals surface area contributed by atoms with Crippen LogP contribution in [0.3, 0.4) is 0 Å². The van der Waals surface area contributed by atoms with Crippen molar-refractivity contribution < 1.29 is 13.2 Å². The molecule has 0 bridgehead atoms. The van der Waals surface area contributed by atoms with Crippen LogP contribution in [0.15, 0.2) is 0 Å². The van der Waals surface area contributed by atoms with Crippen LogP contribution in [0.5, 0.6) is 0 Å². The minimum atomic E-state index is -4.10. The summed E-state index contributed by atoms with van der Waals surface area (Å²) >= 11 is 0.